The molecule has 0 amide bonds. The molecule has 2 saturated heterocycles. The van der Waals surface area contributed by atoms with Gasteiger partial charge in [-0.3, -0.25) is 4.79 Å². The van der Waals surface area contributed by atoms with Gasteiger partial charge in [-0.15, -0.1) is 0 Å². The highest BCUT2D eigenvalue weighted by Gasteiger charge is 2.85. The first-order valence-corrected chi connectivity index (χ1v) is 18.1. The van der Waals surface area contributed by atoms with E-state index in [4.69, 9.17) is 18.9 Å². The summed E-state index contributed by atoms with van der Waals surface area (Å²) >= 11 is 0. The zero-order valence-corrected chi connectivity index (χ0v) is 29.8. The molecule has 16 atom stereocenters. The minimum Gasteiger partial charge on any atom is -0.457 e. The lowest BCUT2D eigenvalue weighted by Crippen LogP contribution is -2.61. The van der Waals surface area contributed by atoms with E-state index in [0.717, 1.165) is 38.5 Å². The Bertz CT molecular complexity index is 1360. The summed E-state index contributed by atoms with van der Waals surface area (Å²) in [7, 11) is 0. The number of hydrogen-bond donors (Lipinski definition) is 6. The lowest BCUT2D eigenvalue weighted by Gasteiger charge is -2.60. The summed E-state index contributed by atoms with van der Waals surface area (Å²) < 4.78 is 24.2. The molecule has 2 heterocycles. The van der Waals surface area contributed by atoms with Crippen molar-refractivity contribution in [2.45, 2.75) is 161 Å². The van der Waals surface area contributed by atoms with Crippen LogP contribution in [0.25, 0.3) is 0 Å². The predicted molar refractivity (Wildman–Crippen MR) is 172 cm³/mol. The average Bonchev–Trinajstić information content (AvgIpc) is 3.62. The monoisotopic (exact) mass is 678 g/mol. The van der Waals surface area contributed by atoms with E-state index in [1.54, 1.807) is 13.8 Å². The van der Waals surface area contributed by atoms with Gasteiger partial charge in [-0.25, -0.2) is 0 Å². The molecule has 5 aliphatic carbocycles. The first kappa shape index (κ1) is 35.3. The van der Waals surface area contributed by atoms with E-state index in [1.165, 1.54) is 12.5 Å². The van der Waals surface area contributed by atoms with Crippen LogP contribution >= 0.6 is 0 Å². The van der Waals surface area contributed by atoms with Crippen LogP contribution in [0.1, 0.15) is 100 Å². The maximum absolute atomic E-state index is 12.6. The van der Waals surface area contributed by atoms with Gasteiger partial charge in [0.05, 0.1) is 18.3 Å². The number of hydrogen-bond acceptors (Lipinski definition) is 11. The highest BCUT2D eigenvalue weighted by molar-refractivity contribution is 5.66. The number of aliphatic hydroxyl groups is 6. The molecule has 6 fully saturated rings. The molecule has 0 radical (unpaired) electrons. The number of allylic oxidation sites excluding steroid dienone is 1. The first-order valence-electron chi connectivity index (χ1n) is 18.1. The van der Waals surface area contributed by atoms with Gasteiger partial charge in [-0.05, 0) is 92.3 Å². The van der Waals surface area contributed by atoms with E-state index in [2.05, 4.69) is 40.7 Å². The molecule has 0 aromatic rings. The third-order valence-corrected chi connectivity index (χ3v) is 15.2. The van der Waals surface area contributed by atoms with Gasteiger partial charge in [0.2, 0.25) is 0 Å². The lowest BCUT2D eigenvalue weighted by molar-refractivity contribution is -0.341. The van der Waals surface area contributed by atoms with E-state index >= 15 is 0 Å². The molecular formula is C37H58O11. The number of rotatable bonds is 5. The molecule has 7 rings (SSSR count). The van der Waals surface area contributed by atoms with Gasteiger partial charge in [0.25, 0.3) is 0 Å². The summed E-state index contributed by atoms with van der Waals surface area (Å²) in [6.45, 7) is 15.2. The Morgan fingerprint density at radius 2 is 1.75 bits per heavy atom. The van der Waals surface area contributed by atoms with Crippen molar-refractivity contribution in [3.05, 3.63) is 11.6 Å². The van der Waals surface area contributed by atoms with Crippen molar-refractivity contribution in [1.29, 1.82) is 0 Å². The van der Waals surface area contributed by atoms with Crippen LogP contribution in [0.4, 0.5) is 0 Å². The van der Waals surface area contributed by atoms with Crippen LogP contribution in [-0.2, 0) is 23.7 Å². The van der Waals surface area contributed by atoms with Gasteiger partial charge in [0.1, 0.15) is 30.5 Å². The molecule has 0 bridgehead atoms. The normalized spacial score (nSPS) is 54.4. The van der Waals surface area contributed by atoms with Gasteiger partial charge in [0, 0.05) is 18.3 Å². The molecule has 0 aromatic carbocycles. The lowest BCUT2D eigenvalue weighted by atomic mass is 9.44. The smallest absolute Gasteiger partial charge is 0.303 e. The third-order valence-electron chi connectivity index (χ3n) is 15.2. The Morgan fingerprint density at radius 1 is 1.06 bits per heavy atom. The predicted octanol–water partition coefficient (Wildman–Crippen LogP) is 2.57. The molecule has 11 nitrogen and oxygen atoms in total. The molecule has 2 aliphatic heterocycles. The molecule has 272 valence electrons. The molecule has 0 aromatic heterocycles. The van der Waals surface area contributed by atoms with E-state index in [-0.39, 0.29) is 46.7 Å². The Balaban J connectivity index is 1.20. The third kappa shape index (κ3) is 4.35. The number of fused-ring (bicyclic) bond motifs is 4. The maximum atomic E-state index is 12.6. The topological polar surface area (TPSA) is 175 Å². The molecule has 2 spiro atoms. The Labute approximate surface area is 284 Å². The van der Waals surface area contributed by atoms with Gasteiger partial charge < -0.3 is 49.6 Å². The van der Waals surface area contributed by atoms with E-state index in [9.17, 15) is 35.4 Å². The van der Waals surface area contributed by atoms with Crippen molar-refractivity contribution in [1.82, 2.24) is 0 Å². The van der Waals surface area contributed by atoms with E-state index < -0.39 is 71.1 Å². The average molecular weight is 679 g/mol. The van der Waals surface area contributed by atoms with Crippen LogP contribution in [0.15, 0.2) is 11.6 Å². The van der Waals surface area contributed by atoms with Gasteiger partial charge >= 0.3 is 5.97 Å². The fourth-order valence-electron chi connectivity index (χ4n) is 13.0. The van der Waals surface area contributed by atoms with Crippen molar-refractivity contribution < 1.29 is 54.4 Å². The molecule has 6 N–H and O–H groups in total. The number of carbonyl (C=O) groups is 1. The fourth-order valence-corrected chi connectivity index (χ4v) is 13.0. The van der Waals surface area contributed by atoms with Crippen molar-refractivity contribution in [3.63, 3.8) is 0 Å². The Morgan fingerprint density at radius 3 is 2.40 bits per heavy atom. The first-order chi connectivity index (χ1) is 22.1. The van der Waals surface area contributed by atoms with Gasteiger partial charge in [-0.1, -0.05) is 46.3 Å². The Hall–Kier alpha value is -1.15. The number of ether oxygens (including phenoxy) is 4. The van der Waals surface area contributed by atoms with Crippen molar-refractivity contribution in [2.24, 2.45) is 44.8 Å². The van der Waals surface area contributed by atoms with Crippen molar-refractivity contribution >= 4 is 5.97 Å². The minimum absolute atomic E-state index is 0.0129. The highest BCUT2D eigenvalue weighted by Crippen LogP contribution is 2.88. The fraction of sp³-hybridized carbons (Fsp3) is 0.919. The van der Waals surface area contributed by atoms with Crippen LogP contribution in [-0.4, -0.2) is 104 Å². The zero-order valence-electron chi connectivity index (χ0n) is 29.8. The van der Waals surface area contributed by atoms with Gasteiger partial charge in [-0.2, -0.15) is 0 Å². The van der Waals surface area contributed by atoms with Crippen molar-refractivity contribution in [3.8, 4) is 0 Å². The summed E-state index contributed by atoms with van der Waals surface area (Å²) in [4.78, 5) is 12.1. The molecular weight excluding hydrogens is 620 g/mol. The second kappa shape index (κ2) is 10.7. The van der Waals surface area contributed by atoms with Crippen molar-refractivity contribution in [2.75, 3.05) is 6.61 Å². The van der Waals surface area contributed by atoms with Crippen LogP contribution in [0.3, 0.4) is 0 Å². The second-order valence-corrected chi connectivity index (χ2v) is 18.4. The van der Waals surface area contributed by atoms with Crippen LogP contribution < -0.4 is 0 Å². The van der Waals surface area contributed by atoms with Crippen LogP contribution in [0.2, 0.25) is 0 Å². The molecule has 48 heavy (non-hydrogen) atoms. The standard InChI is InChI=1S/C37H58O11/c1-18-15-21(28(32(5,6)43)46-19(2)38)48-37(44)27(18)33(7)13-14-36-17-35(36)12-11-24(47-29-26(41)25(40)20(39)16-45-29)31(3,4)22(35)9-10-23(36)34(33,8)30(37)42/h10,18,20-22,24-30,39-44H,9,11-17H2,1-8H3/t18?,20-,21?,22?,24?,25+,26-,27?,28?,29+,30?,33?,34?,35?,36?,37?/m1/s1. The molecule has 12 unspecified atom stereocenters. The Kier molecular flexibility index (Phi) is 7.86. The van der Waals surface area contributed by atoms with Crippen LogP contribution in [0.5, 0.6) is 0 Å². The molecule has 7 aliphatic rings. The zero-order chi connectivity index (χ0) is 35.2. The summed E-state index contributed by atoms with van der Waals surface area (Å²) in [6.07, 6.45) is -0.0661. The highest BCUT2D eigenvalue weighted by atomic mass is 16.7. The SMILES string of the molecule is CC(=O)OC(C1CC(C)C2C(O)(O1)C(O)C1(C)C3=CCC4C(C)(C)C(O[C@@H]5OC[C@@H](O)[C@H](O)[C@H]5O)CCC45CC35CCC21C)C(C)(C)O. The quantitative estimate of drug-likeness (QED) is 0.186. The molecule has 11 heteroatoms. The van der Waals surface area contributed by atoms with E-state index in [0.29, 0.717) is 6.42 Å². The van der Waals surface area contributed by atoms with Crippen LogP contribution in [0, 0.1) is 44.8 Å². The number of esters is 1. The van der Waals surface area contributed by atoms with E-state index in [1.807, 2.05) is 0 Å². The summed E-state index contributed by atoms with van der Waals surface area (Å²) in [5, 5.41) is 66.9. The summed E-state index contributed by atoms with van der Waals surface area (Å²) in [6, 6.07) is 0. The minimum atomic E-state index is -1.90. The summed E-state index contributed by atoms with van der Waals surface area (Å²) in [5.74, 6) is -2.63. The largest absolute Gasteiger partial charge is 0.457 e. The summed E-state index contributed by atoms with van der Waals surface area (Å²) in [5.41, 5.74) is -1.83. The van der Waals surface area contributed by atoms with Gasteiger partial charge in [0.15, 0.2) is 18.2 Å². The number of aliphatic hydroxyl groups excluding tert-OH is 4. The number of carbonyl (C=O) groups excluding carboxylic acids is 1. The molecule has 4 saturated carbocycles. The maximum Gasteiger partial charge on any atom is 0.303 e. The second-order valence-electron chi connectivity index (χ2n) is 18.4.